The molecule has 2 aromatic rings. The summed E-state index contributed by atoms with van der Waals surface area (Å²) in [6.07, 6.45) is 4.49. The fourth-order valence-corrected chi connectivity index (χ4v) is 3.45. The van der Waals surface area contributed by atoms with Crippen LogP contribution in [-0.4, -0.2) is 27.4 Å². The summed E-state index contributed by atoms with van der Waals surface area (Å²) in [5, 5.41) is 5.97. The van der Waals surface area contributed by atoms with Gasteiger partial charge in [0.2, 0.25) is 11.8 Å². The van der Waals surface area contributed by atoms with Gasteiger partial charge in [-0.3, -0.25) is 9.59 Å². The molecule has 1 saturated carbocycles. The molecule has 24 heavy (non-hydrogen) atoms. The van der Waals surface area contributed by atoms with E-state index in [9.17, 15) is 9.59 Å². The predicted molar refractivity (Wildman–Crippen MR) is 92.4 cm³/mol. The van der Waals surface area contributed by atoms with Crippen molar-refractivity contribution in [1.29, 1.82) is 0 Å². The highest BCUT2D eigenvalue weighted by atomic mass is 16.2. The van der Waals surface area contributed by atoms with Crippen LogP contribution in [0.3, 0.4) is 0 Å². The van der Waals surface area contributed by atoms with Crippen LogP contribution in [0.2, 0.25) is 0 Å². The fourth-order valence-electron chi connectivity index (χ4n) is 3.45. The van der Waals surface area contributed by atoms with Crippen molar-refractivity contribution in [2.75, 3.05) is 0 Å². The van der Waals surface area contributed by atoms with Gasteiger partial charge in [-0.2, -0.15) is 0 Å². The predicted octanol–water partition coefficient (Wildman–Crippen LogP) is 2.29. The quantitative estimate of drug-likeness (QED) is 0.884. The molecule has 128 valence electrons. The molecule has 2 N–H and O–H groups in total. The molecule has 1 aromatic carbocycles. The lowest BCUT2D eigenvalue weighted by molar-refractivity contribution is -0.122. The number of para-hydroxylation sites is 2. The number of nitrogens with one attached hydrogen (secondary N) is 2. The largest absolute Gasteiger partial charge is 0.352 e. The molecule has 6 heteroatoms. The minimum Gasteiger partial charge on any atom is -0.352 e. The summed E-state index contributed by atoms with van der Waals surface area (Å²) in [5.41, 5.74) is 1.74. The van der Waals surface area contributed by atoms with Crippen LogP contribution in [0.1, 0.15) is 51.4 Å². The zero-order valence-corrected chi connectivity index (χ0v) is 14.2. The van der Waals surface area contributed by atoms with Crippen molar-refractivity contribution in [3.8, 4) is 0 Å². The number of amides is 2. The Hall–Kier alpha value is -2.37. The van der Waals surface area contributed by atoms with Crippen molar-refractivity contribution >= 4 is 22.8 Å². The highest BCUT2D eigenvalue weighted by Gasteiger charge is 2.21. The third-order valence-electron chi connectivity index (χ3n) is 4.51. The SMILES string of the molecule is CC(=O)NC(C)c1nc2ccccc2n1CC(=O)NC1CCCC1. The number of rotatable bonds is 5. The summed E-state index contributed by atoms with van der Waals surface area (Å²) in [6.45, 7) is 3.58. The van der Waals surface area contributed by atoms with E-state index in [2.05, 4.69) is 15.6 Å². The van der Waals surface area contributed by atoms with Gasteiger partial charge in [0.1, 0.15) is 12.4 Å². The van der Waals surface area contributed by atoms with Gasteiger partial charge in [0.15, 0.2) is 0 Å². The number of benzene rings is 1. The molecular weight excluding hydrogens is 304 g/mol. The van der Waals surface area contributed by atoms with Crippen molar-refractivity contribution in [3.63, 3.8) is 0 Å². The average Bonchev–Trinajstić information content (AvgIpc) is 3.15. The standard InChI is InChI=1S/C18H24N4O2/c1-12(19-13(2)23)18-21-15-9-5-6-10-16(15)22(18)11-17(24)20-14-7-3-4-8-14/h5-6,9-10,12,14H,3-4,7-8,11H2,1-2H3,(H,19,23)(H,20,24). The van der Waals surface area contributed by atoms with Crippen LogP contribution in [0.15, 0.2) is 24.3 Å². The lowest BCUT2D eigenvalue weighted by Gasteiger charge is -2.17. The van der Waals surface area contributed by atoms with E-state index >= 15 is 0 Å². The van der Waals surface area contributed by atoms with Crippen LogP contribution < -0.4 is 10.6 Å². The average molecular weight is 328 g/mol. The Bertz CT molecular complexity index is 747. The topological polar surface area (TPSA) is 76.0 Å². The third-order valence-corrected chi connectivity index (χ3v) is 4.51. The van der Waals surface area contributed by atoms with Crippen LogP contribution in [0.25, 0.3) is 11.0 Å². The summed E-state index contributed by atoms with van der Waals surface area (Å²) in [6, 6.07) is 7.77. The van der Waals surface area contributed by atoms with Gasteiger partial charge in [-0.25, -0.2) is 4.98 Å². The van der Waals surface area contributed by atoms with Gasteiger partial charge in [-0.1, -0.05) is 25.0 Å². The summed E-state index contributed by atoms with van der Waals surface area (Å²) in [7, 11) is 0. The first-order valence-corrected chi connectivity index (χ1v) is 8.56. The van der Waals surface area contributed by atoms with Crippen LogP contribution in [0.5, 0.6) is 0 Å². The molecule has 1 unspecified atom stereocenters. The monoisotopic (exact) mass is 328 g/mol. The molecule has 0 radical (unpaired) electrons. The van der Waals surface area contributed by atoms with Crippen LogP contribution in [0.4, 0.5) is 0 Å². The van der Waals surface area contributed by atoms with E-state index in [-0.39, 0.29) is 24.4 Å². The van der Waals surface area contributed by atoms with Gasteiger partial charge in [-0.15, -0.1) is 0 Å². The van der Waals surface area contributed by atoms with E-state index in [1.54, 1.807) is 0 Å². The summed E-state index contributed by atoms with van der Waals surface area (Å²) in [4.78, 5) is 28.5. The number of hydrogen-bond donors (Lipinski definition) is 2. The zero-order valence-electron chi connectivity index (χ0n) is 14.2. The van der Waals surface area contributed by atoms with E-state index < -0.39 is 0 Å². The Morgan fingerprint density at radius 2 is 2.00 bits per heavy atom. The normalized spacial score (nSPS) is 16.2. The summed E-state index contributed by atoms with van der Waals surface area (Å²) >= 11 is 0. The second-order valence-corrected chi connectivity index (χ2v) is 6.52. The molecule has 1 aliphatic rings. The number of carbonyl (C=O) groups excluding carboxylic acids is 2. The van der Waals surface area contributed by atoms with E-state index in [1.807, 2.05) is 35.8 Å². The second-order valence-electron chi connectivity index (χ2n) is 6.52. The van der Waals surface area contributed by atoms with Crippen LogP contribution in [0, 0.1) is 0 Å². The van der Waals surface area contributed by atoms with Gasteiger partial charge >= 0.3 is 0 Å². The second kappa shape index (κ2) is 7.03. The van der Waals surface area contributed by atoms with E-state index in [0.29, 0.717) is 11.9 Å². The van der Waals surface area contributed by atoms with Crippen molar-refractivity contribution in [3.05, 3.63) is 30.1 Å². The smallest absolute Gasteiger partial charge is 0.240 e. The Morgan fingerprint density at radius 1 is 1.29 bits per heavy atom. The molecule has 0 aliphatic heterocycles. The highest BCUT2D eigenvalue weighted by molar-refractivity contribution is 5.81. The molecule has 2 amide bonds. The van der Waals surface area contributed by atoms with Gasteiger partial charge < -0.3 is 15.2 Å². The lowest BCUT2D eigenvalue weighted by Crippen LogP contribution is -2.36. The molecule has 1 aliphatic carbocycles. The van der Waals surface area contributed by atoms with E-state index in [0.717, 1.165) is 23.9 Å². The molecular formula is C18H24N4O2. The maximum Gasteiger partial charge on any atom is 0.240 e. The highest BCUT2D eigenvalue weighted by Crippen LogP contribution is 2.21. The van der Waals surface area contributed by atoms with Gasteiger partial charge in [-0.05, 0) is 31.9 Å². The summed E-state index contributed by atoms with van der Waals surface area (Å²) in [5.74, 6) is 0.589. The van der Waals surface area contributed by atoms with Crippen molar-refractivity contribution in [2.45, 2.75) is 58.2 Å². The number of hydrogen-bond acceptors (Lipinski definition) is 3. The molecule has 1 heterocycles. The van der Waals surface area contributed by atoms with Crippen LogP contribution >= 0.6 is 0 Å². The van der Waals surface area contributed by atoms with Gasteiger partial charge in [0.25, 0.3) is 0 Å². The number of nitrogens with zero attached hydrogens (tertiary/aromatic N) is 2. The Labute approximate surface area is 141 Å². The first-order chi connectivity index (χ1) is 11.5. The van der Waals surface area contributed by atoms with Crippen molar-refractivity contribution in [1.82, 2.24) is 20.2 Å². The Kier molecular flexibility index (Phi) is 4.83. The maximum absolute atomic E-state index is 12.5. The molecule has 0 bridgehead atoms. The number of imidazole rings is 1. The number of aromatic nitrogens is 2. The minimum atomic E-state index is -0.255. The van der Waals surface area contributed by atoms with Gasteiger partial charge in [0, 0.05) is 13.0 Å². The van der Waals surface area contributed by atoms with E-state index in [1.165, 1.54) is 19.8 Å². The van der Waals surface area contributed by atoms with Crippen molar-refractivity contribution < 1.29 is 9.59 Å². The van der Waals surface area contributed by atoms with E-state index in [4.69, 9.17) is 0 Å². The molecule has 3 rings (SSSR count). The maximum atomic E-state index is 12.5. The molecule has 6 nitrogen and oxygen atoms in total. The first-order valence-electron chi connectivity index (χ1n) is 8.56. The molecule has 0 spiro atoms. The van der Waals surface area contributed by atoms with Crippen molar-refractivity contribution in [2.24, 2.45) is 0 Å². The van der Waals surface area contributed by atoms with Crippen LogP contribution in [-0.2, 0) is 16.1 Å². The molecule has 1 aromatic heterocycles. The Balaban J connectivity index is 1.86. The first kappa shape index (κ1) is 16.5. The zero-order chi connectivity index (χ0) is 17.1. The third kappa shape index (κ3) is 3.58. The Morgan fingerprint density at radius 3 is 2.71 bits per heavy atom. The molecule has 0 saturated heterocycles. The minimum absolute atomic E-state index is 0.00123. The lowest BCUT2D eigenvalue weighted by atomic mass is 10.2. The fraction of sp³-hybridized carbons (Fsp3) is 0.500. The molecule has 1 fully saturated rings. The number of fused-ring (bicyclic) bond motifs is 1. The number of carbonyl (C=O) groups is 2. The van der Waals surface area contributed by atoms with Gasteiger partial charge in [0.05, 0.1) is 17.1 Å². The molecule has 1 atom stereocenters. The summed E-state index contributed by atoms with van der Waals surface area (Å²) < 4.78 is 1.90.